The molecule has 0 atom stereocenters. The second-order valence-electron chi connectivity index (χ2n) is 3.86. The summed E-state index contributed by atoms with van der Waals surface area (Å²) >= 11 is 7.30. The van der Waals surface area contributed by atoms with Crippen molar-refractivity contribution < 1.29 is 4.74 Å². The van der Waals surface area contributed by atoms with Gasteiger partial charge in [-0.3, -0.25) is 9.78 Å². The molecule has 19 heavy (non-hydrogen) atoms. The highest BCUT2D eigenvalue weighted by Gasteiger charge is 2.11. The molecule has 0 aliphatic carbocycles. The summed E-state index contributed by atoms with van der Waals surface area (Å²) in [4.78, 5) is 19.7. The van der Waals surface area contributed by atoms with Gasteiger partial charge in [-0.05, 0) is 12.1 Å². The lowest BCUT2D eigenvalue weighted by Gasteiger charge is -2.07. The molecular formula is C12H8ClN3O2S. The lowest BCUT2D eigenvalue weighted by molar-refractivity contribution is 0.415. The van der Waals surface area contributed by atoms with E-state index in [1.807, 2.05) is 0 Å². The van der Waals surface area contributed by atoms with Crippen molar-refractivity contribution in [2.45, 2.75) is 0 Å². The summed E-state index contributed by atoms with van der Waals surface area (Å²) in [5.41, 5.74) is 5.95. The molecule has 2 aromatic heterocycles. The van der Waals surface area contributed by atoms with Gasteiger partial charge in [0.1, 0.15) is 5.75 Å². The van der Waals surface area contributed by atoms with Crippen molar-refractivity contribution >= 4 is 49.1 Å². The van der Waals surface area contributed by atoms with Crippen molar-refractivity contribution in [1.29, 1.82) is 0 Å². The molecule has 0 unspecified atom stereocenters. The number of benzene rings is 1. The van der Waals surface area contributed by atoms with E-state index < -0.39 is 0 Å². The Morgan fingerprint density at radius 1 is 1.37 bits per heavy atom. The number of anilines is 1. The maximum atomic E-state index is 11.8. The van der Waals surface area contributed by atoms with Crippen molar-refractivity contribution in [3.63, 3.8) is 0 Å². The zero-order valence-corrected chi connectivity index (χ0v) is 11.4. The van der Waals surface area contributed by atoms with Gasteiger partial charge in [-0.2, -0.15) is 4.98 Å². The summed E-state index contributed by atoms with van der Waals surface area (Å²) in [6.07, 6.45) is 1.49. The van der Waals surface area contributed by atoms with E-state index in [9.17, 15) is 4.79 Å². The van der Waals surface area contributed by atoms with Crippen LogP contribution in [-0.2, 0) is 0 Å². The van der Waals surface area contributed by atoms with E-state index in [2.05, 4.69) is 9.97 Å². The van der Waals surface area contributed by atoms with Crippen LogP contribution in [0.1, 0.15) is 0 Å². The van der Waals surface area contributed by atoms with E-state index in [1.165, 1.54) is 24.6 Å². The third-order valence-electron chi connectivity index (χ3n) is 2.74. The Morgan fingerprint density at radius 2 is 2.16 bits per heavy atom. The van der Waals surface area contributed by atoms with Crippen LogP contribution in [0.5, 0.6) is 5.75 Å². The van der Waals surface area contributed by atoms with Crippen LogP contribution >= 0.6 is 22.9 Å². The fourth-order valence-corrected chi connectivity index (χ4v) is 2.97. The average molecular weight is 294 g/mol. The molecule has 0 saturated carbocycles. The largest absolute Gasteiger partial charge is 0.495 e. The molecule has 0 bridgehead atoms. The fraction of sp³-hybridized carbons (Fsp3) is 0.0833. The molecule has 5 nitrogen and oxygen atoms in total. The molecule has 96 valence electrons. The molecule has 0 saturated heterocycles. The van der Waals surface area contributed by atoms with Gasteiger partial charge < -0.3 is 10.5 Å². The third-order valence-corrected chi connectivity index (χ3v) is 3.98. The Bertz CT molecular complexity index is 863. The number of methoxy groups -OCH3 is 1. The minimum absolute atomic E-state index is 0.221. The standard InChI is InChI=1S/C12H8ClN3O2S/c1-18-9-2-5-8(3-7(9)13)15-4-6-10(5)19-12(14)16-11(6)17/h2-4H,1H3,(H2,14,16,17). The molecule has 0 fully saturated rings. The molecule has 0 radical (unpaired) electrons. The number of rotatable bonds is 1. The summed E-state index contributed by atoms with van der Waals surface area (Å²) in [6, 6.07) is 3.45. The quantitative estimate of drug-likeness (QED) is 0.697. The van der Waals surface area contributed by atoms with Crippen LogP contribution in [0.4, 0.5) is 5.13 Å². The summed E-state index contributed by atoms with van der Waals surface area (Å²) in [6.45, 7) is 0. The number of halogens is 1. The summed E-state index contributed by atoms with van der Waals surface area (Å²) in [5.74, 6) is 0.526. The first-order valence-electron chi connectivity index (χ1n) is 5.32. The lowest BCUT2D eigenvalue weighted by atomic mass is 10.2. The van der Waals surface area contributed by atoms with Crippen molar-refractivity contribution in [3.8, 4) is 5.75 Å². The predicted molar refractivity (Wildman–Crippen MR) is 77.2 cm³/mol. The van der Waals surface area contributed by atoms with Gasteiger partial charge in [0.2, 0.25) is 0 Å². The topological polar surface area (TPSA) is 78.1 Å². The van der Waals surface area contributed by atoms with E-state index in [4.69, 9.17) is 22.1 Å². The van der Waals surface area contributed by atoms with Crippen LogP contribution in [0.2, 0.25) is 5.02 Å². The highest BCUT2D eigenvalue weighted by molar-refractivity contribution is 7.22. The molecule has 0 spiro atoms. The van der Waals surface area contributed by atoms with Gasteiger partial charge in [-0.25, -0.2) is 0 Å². The Hall–Kier alpha value is -1.92. The van der Waals surface area contributed by atoms with E-state index in [0.29, 0.717) is 21.7 Å². The van der Waals surface area contributed by atoms with Gasteiger partial charge in [-0.15, -0.1) is 0 Å². The van der Waals surface area contributed by atoms with Gasteiger partial charge in [-0.1, -0.05) is 22.9 Å². The number of nitrogens with zero attached hydrogens (tertiary/aromatic N) is 2. The Morgan fingerprint density at radius 3 is 2.89 bits per heavy atom. The maximum absolute atomic E-state index is 11.8. The summed E-state index contributed by atoms with van der Waals surface area (Å²) in [7, 11) is 1.53. The Labute approximate surface area is 116 Å². The molecule has 3 aromatic rings. The number of aromatic nitrogens is 2. The van der Waals surface area contributed by atoms with Crippen LogP contribution < -0.4 is 16.0 Å². The Kier molecular flexibility index (Phi) is 2.76. The number of hydrogen-bond donors (Lipinski definition) is 1. The fourth-order valence-electron chi connectivity index (χ4n) is 1.88. The van der Waals surface area contributed by atoms with E-state index in [-0.39, 0.29) is 10.7 Å². The van der Waals surface area contributed by atoms with Crippen molar-refractivity contribution in [1.82, 2.24) is 9.97 Å². The molecule has 3 rings (SSSR count). The SMILES string of the molecule is COc1cc2c(cc1Cl)ncc1c(=O)nc(N)sc12. The molecule has 0 aliphatic rings. The second-order valence-corrected chi connectivity index (χ2v) is 5.30. The average Bonchev–Trinajstić information content (AvgIpc) is 2.37. The number of hydrogen-bond acceptors (Lipinski definition) is 6. The normalized spacial score (nSPS) is 11.1. The third kappa shape index (κ3) is 1.89. The predicted octanol–water partition coefficient (Wildman–Crippen LogP) is 2.45. The van der Waals surface area contributed by atoms with Crippen LogP contribution in [0.3, 0.4) is 0 Å². The zero-order chi connectivity index (χ0) is 13.6. The first-order valence-corrected chi connectivity index (χ1v) is 6.52. The summed E-state index contributed by atoms with van der Waals surface area (Å²) < 4.78 is 5.92. The van der Waals surface area contributed by atoms with Gasteiger partial charge in [0.25, 0.3) is 5.56 Å². The zero-order valence-electron chi connectivity index (χ0n) is 9.81. The second kappa shape index (κ2) is 4.32. The number of nitrogen functional groups attached to an aromatic ring is 1. The van der Waals surface area contributed by atoms with E-state index in [0.717, 1.165) is 10.1 Å². The number of pyridine rings is 1. The lowest BCUT2D eigenvalue weighted by Crippen LogP contribution is -2.07. The highest BCUT2D eigenvalue weighted by Crippen LogP contribution is 2.34. The molecule has 1 aromatic carbocycles. The molecule has 2 N–H and O–H groups in total. The molecular weight excluding hydrogens is 286 g/mol. The van der Waals surface area contributed by atoms with Crippen LogP contribution in [0, 0.1) is 0 Å². The number of nitrogens with two attached hydrogens (primary N) is 1. The maximum Gasteiger partial charge on any atom is 0.282 e. The molecule has 0 aliphatic heterocycles. The van der Waals surface area contributed by atoms with Crippen molar-refractivity contribution in [3.05, 3.63) is 33.7 Å². The van der Waals surface area contributed by atoms with Crippen LogP contribution in [0.15, 0.2) is 23.1 Å². The molecule has 2 heterocycles. The highest BCUT2D eigenvalue weighted by atomic mass is 35.5. The van der Waals surface area contributed by atoms with Gasteiger partial charge in [0, 0.05) is 11.6 Å². The first-order chi connectivity index (χ1) is 9.10. The number of ether oxygens (including phenoxy) is 1. The van der Waals surface area contributed by atoms with Gasteiger partial charge in [0.15, 0.2) is 5.13 Å². The Balaban J connectivity index is 2.54. The van der Waals surface area contributed by atoms with Crippen molar-refractivity contribution in [2.24, 2.45) is 0 Å². The monoisotopic (exact) mass is 293 g/mol. The minimum Gasteiger partial charge on any atom is -0.495 e. The first kappa shape index (κ1) is 12.1. The van der Waals surface area contributed by atoms with E-state index >= 15 is 0 Å². The van der Waals surface area contributed by atoms with Crippen LogP contribution in [0.25, 0.3) is 21.0 Å². The van der Waals surface area contributed by atoms with Gasteiger partial charge in [0.05, 0.1) is 27.7 Å². The van der Waals surface area contributed by atoms with E-state index in [1.54, 1.807) is 12.1 Å². The number of fused-ring (bicyclic) bond motifs is 3. The van der Waals surface area contributed by atoms with Crippen LogP contribution in [-0.4, -0.2) is 17.1 Å². The smallest absolute Gasteiger partial charge is 0.282 e. The molecule has 7 heteroatoms. The van der Waals surface area contributed by atoms with Crippen molar-refractivity contribution in [2.75, 3.05) is 12.8 Å². The minimum atomic E-state index is -0.380. The van der Waals surface area contributed by atoms with Gasteiger partial charge >= 0.3 is 0 Å². The summed E-state index contributed by atoms with van der Waals surface area (Å²) in [5, 5.41) is 1.90. The molecule has 0 amide bonds.